The molecule has 1 aromatic carbocycles. The second-order valence-electron chi connectivity index (χ2n) is 4.29. The molecule has 3 nitrogen and oxygen atoms in total. The van der Waals surface area contributed by atoms with Gasteiger partial charge < -0.3 is 5.11 Å². The minimum atomic E-state index is -0.780. The lowest BCUT2D eigenvalue weighted by Crippen LogP contribution is -2.12. The van der Waals surface area contributed by atoms with Crippen LogP contribution in [0.15, 0.2) is 30.6 Å². The molecule has 20 heavy (non-hydrogen) atoms. The van der Waals surface area contributed by atoms with Crippen molar-refractivity contribution in [3.63, 3.8) is 0 Å². The Hall–Kier alpha value is -0.810. The first-order valence-electron chi connectivity index (χ1n) is 5.98. The number of aryl methyl sites for hydroxylation is 1. The molecular formula is C14H14Cl2N2OS. The minimum absolute atomic E-state index is 0.227. The Kier molecular flexibility index (Phi) is 5.27. The van der Waals surface area contributed by atoms with E-state index in [4.69, 9.17) is 23.2 Å². The molecule has 1 aromatic heterocycles. The first kappa shape index (κ1) is 15.6. The molecule has 0 radical (unpaired) electrons. The molecule has 0 aliphatic rings. The van der Waals surface area contributed by atoms with E-state index in [9.17, 15) is 5.11 Å². The fraction of sp³-hybridized carbons (Fsp3) is 0.286. The third-order valence-corrected chi connectivity index (χ3v) is 4.59. The zero-order valence-corrected chi connectivity index (χ0v) is 13.4. The lowest BCUT2D eigenvalue weighted by atomic mass is 10.0. The molecule has 2 rings (SSSR count). The van der Waals surface area contributed by atoms with Crippen LogP contribution in [0.25, 0.3) is 0 Å². The predicted molar refractivity (Wildman–Crippen MR) is 84.4 cm³/mol. The van der Waals surface area contributed by atoms with Crippen molar-refractivity contribution in [1.29, 1.82) is 0 Å². The van der Waals surface area contributed by atoms with Gasteiger partial charge in [-0.1, -0.05) is 29.3 Å². The Morgan fingerprint density at radius 1 is 1.20 bits per heavy atom. The number of nitrogens with zero attached hydrogens (tertiary/aromatic N) is 2. The number of thioether (sulfide) groups is 1. The Morgan fingerprint density at radius 3 is 2.50 bits per heavy atom. The molecule has 1 heterocycles. The molecule has 0 saturated heterocycles. The molecule has 106 valence electrons. The van der Waals surface area contributed by atoms with E-state index in [-0.39, 0.29) is 5.25 Å². The van der Waals surface area contributed by atoms with Crippen LogP contribution in [0.3, 0.4) is 0 Å². The highest BCUT2D eigenvalue weighted by Crippen LogP contribution is 2.42. The number of aliphatic hydroxyl groups is 1. The van der Waals surface area contributed by atoms with E-state index in [1.165, 1.54) is 11.8 Å². The molecule has 2 atom stereocenters. The maximum atomic E-state index is 10.6. The summed E-state index contributed by atoms with van der Waals surface area (Å²) >= 11 is 13.6. The van der Waals surface area contributed by atoms with Gasteiger partial charge in [0.15, 0.2) is 0 Å². The van der Waals surface area contributed by atoms with E-state index in [2.05, 4.69) is 9.97 Å². The van der Waals surface area contributed by atoms with Crippen molar-refractivity contribution in [3.05, 3.63) is 57.6 Å². The van der Waals surface area contributed by atoms with Crippen LogP contribution in [0.5, 0.6) is 0 Å². The SMILES string of the molecule is CSC(c1ccc(Cl)cc1Cl)C(O)c1nccnc1C. The highest BCUT2D eigenvalue weighted by molar-refractivity contribution is 7.98. The first-order valence-corrected chi connectivity index (χ1v) is 8.02. The highest BCUT2D eigenvalue weighted by atomic mass is 35.5. The second-order valence-corrected chi connectivity index (χ2v) is 6.12. The van der Waals surface area contributed by atoms with Gasteiger partial charge in [-0.25, -0.2) is 0 Å². The van der Waals surface area contributed by atoms with Gasteiger partial charge >= 0.3 is 0 Å². The number of hydrogen-bond donors (Lipinski definition) is 1. The highest BCUT2D eigenvalue weighted by Gasteiger charge is 2.26. The normalized spacial score (nSPS) is 14.1. The summed E-state index contributed by atoms with van der Waals surface area (Å²) in [5.41, 5.74) is 2.11. The van der Waals surface area contributed by atoms with Crippen LogP contribution in [0.1, 0.15) is 28.3 Å². The summed E-state index contributed by atoms with van der Waals surface area (Å²) in [6.07, 6.45) is 4.32. The van der Waals surface area contributed by atoms with E-state index in [1.807, 2.05) is 19.2 Å². The lowest BCUT2D eigenvalue weighted by Gasteiger charge is -2.23. The molecule has 0 amide bonds. The second kappa shape index (κ2) is 6.76. The molecule has 6 heteroatoms. The maximum Gasteiger partial charge on any atom is 0.114 e. The fourth-order valence-corrected chi connectivity index (χ4v) is 3.45. The molecule has 0 spiro atoms. The van der Waals surface area contributed by atoms with Gasteiger partial charge in [0.2, 0.25) is 0 Å². The van der Waals surface area contributed by atoms with Crippen molar-refractivity contribution >= 4 is 35.0 Å². The molecule has 0 aliphatic carbocycles. The van der Waals surface area contributed by atoms with E-state index in [0.29, 0.717) is 21.4 Å². The zero-order valence-electron chi connectivity index (χ0n) is 11.0. The van der Waals surface area contributed by atoms with E-state index < -0.39 is 6.10 Å². The average Bonchev–Trinajstić information content (AvgIpc) is 2.42. The molecule has 1 N–H and O–H groups in total. The van der Waals surface area contributed by atoms with Gasteiger partial charge in [0.25, 0.3) is 0 Å². The van der Waals surface area contributed by atoms with Crippen molar-refractivity contribution in [2.75, 3.05) is 6.26 Å². The van der Waals surface area contributed by atoms with Crippen LogP contribution in [-0.4, -0.2) is 21.3 Å². The summed E-state index contributed by atoms with van der Waals surface area (Å²) in [6.45, 7) is 1.83. The van der Waals surface area contributed by atoms with Gasteiger partial charge in [0.1, 0.15) is 6.10 Å². The van der Waals surface area contributed by atoms with Crippen LogP contribution >= 0.6 is 35.0 Å². The molecule has 0 fully saturated rings. The van der Waals surface area contributed by atoms with Crippen LogP contribution in [0.4, 0.5) is 0 Å². The number of benzene rings is 1. The number of halogens is 2. The van der Waals surface area contributed by atoms with Crippen molar-refractivity contribution in [1.82, 2.24) is 9.97 Å². The third kappa shape index (κ3) is 3.26. The van der Waals surface area contributed by atoms with E-state index in [0.717, 1.165) is 5.56 Å². The Labute approximate surface area is 132 Å². The van der Waals surface area contributed by atoms with Crippen molar-refractivity contribution in [3.8, 4) is 0 Å². The first-order chi connectivity index (χ1) is 9.54. The maximum absolute atomic E-state index is 10.6. The standard InChI is InChI=1S/C14H14Cl2N2OS/c1-8-12(18-6-5-17-8)13(19)14(20-2)10-4-3-9(15)7-11(10)16/h3-7,13-14,19H,1-2H3. The van der Waals surface area contributed by atoms with Crippen LogP contribution in [0, 0.1) is 6.92 Å². The monoisotopic (exact) mass is 328 g/mol. The van der Waals surface area contributed by atoms with Crippen molar-refractivity contribution in [2.24, 2.45) is 0 Å². The van der Waals surface area contributed by atoms with Gasteiger partial charge in [0.05, 0.1) is 16.6 Å². The molecule has 0 bridgehead atoms. The number of rotatable bonds is 4. The summed E-state index contributed by atoms with van der Waals surface area (Å²) in [5.74, 6) is 0. The van der Waals surface area contributed by atoms with Crippen LogP contribution < -0.4 is 0 Å². The Balaban J connectivity index is 2.39. The number of aromatic nitrogens is 2. The van der Waals surface area contributed by atoms with Crippen molar-refractivity contribution in [2.45, 2.75) is 18.3 Å². The number of aliphatic hydroxyl groups excluding tert-OH is 1. The summed E-state index contributed by atoms with van der Waals surface area (Å²) in [4.78, 5) is 8.39. The van der Waals surface area contributed by atoms with E-state index in [1.54, 1.807) is 24.5 Å². The van der Waals surface area contributed by atoms with Gasteiger partial charge in [-0.2, -0.15) is 11.8 Å². The summed E-state index contributed by atoms with van der Waals surface area (Å²) in [6, 6.07) is 5.28. The average molecular weight is 329 g/mol. The van der Waals surface area contributed by atoms with Gasteiger partial charge in [-0.3, -0.25) is 9.97 Å². The van der Waals surface area contributed by atoms with Gasteiger partial charge in [-0.05, 0) is 30.9 Å². The molecule has 0 saturated carbocycles. The Morgan fingerprint density at radius 2 is 1.90 bits per heavy atom. The topological polar surface area (TPSA) is 46.0 Å². The summed E-state index contributed by atoms with van der Waals surface area (Å²) < 4.78 is 0. The van der Waals surface area contributed by atoms with Gasteiger partial charge in [0, 0.05) is 22.4 Å². The molecule has 2 aromatic rings. The third-order valence-electron chi connectivity index (χ3n) is 3.01. The summed E-state index contributed by atoms with van der Waals surface area (Å²) in [5, 5.41) is 11.5. The fourth-order valence-electron chi connectivity index (χ4n) is 2.01. The molecule has 0 aliphatic heterocycles. The van der Waals surface area contributed by atoms with Crippen molar-refractivity contribution < 1.29 is 5.11 Å². The largest absolute Gasteiger partial charge is 0.385 e. The molecular weight excluding hydrogens is 315 g/mol. The summed E-state index contributed by atoms with van der Waals surface area (Å²) in [7, 11) is 0. The van der Waals surface area contributed by atoms with E-state index >= 15 is 0 Å². The quantitative estimate of drug-likeness (QED) is 0.912. The van der Waals surface area contributed by atoms with Gasteiger partial charge in [-0.15, -0.1) is 0 Å². The number of hydrogen-bond acceptors (Lipinski definition) is 4. The van der Waals surface area contributed by atoms with Crippen LogP contribution in [0.2, 0.25) is 10.0 Å². The lowest BCUT2D eigenvalue weighted by molar-refractivity contribution is 0.169. The zero-order chi connectivity index (χ0) is 14.7. The Bertz CT molecular complexity index is 609. The minimum Gasteiger partial charge on any atom is -0.385 e. The van der Waals surface area contributed by atoms with Crippen LogP contribution in [-0.2, 0) is 0 Å². The smallest absolute Gasteiger partial charge is 0.114 e. The predicted octanol–water partition coefficient (Wildman–Crippen LogP) is 4.23. The molecule has 2 unspecified atom stereocenters.